The standard InChI is InChI=1S/C10H19N3O3SSi/c1-17-10-9(13(14)15)7-12(11-10)8-16-5-6-18(2,3)4/h7H,5-6,8H2,1-4H3. The van der Waals surface area contributed by atoms with Gasteiger partial charge in [-0.1, -0.05) is 19.6 Å². The maximum atomic E-state index is 10.8. The fourth-order valence-electron chi connectivity index (χ4n) is 1.27. The van der Waals surface area contributed by atoms with Crippen LogP contribution < -0.4 is 0 Å². The van der Waals surface area contributed by atoms with Gasteiger partial charge >= 0.3 is 5.69 Å². The van der Waals surface area contributed by atoms with Gasteiger partial charge in [0, 0.05) is 14.7 Å². The largest absolute Gasteiger partial charge is 0.360 e. The summed E-state index contributed by atoms with van der Waals surface area (Å²) in [6, 6.07) is 1.08. The number of nitro groups is 1. The summed E-state index contributed by atoms with van der Waals surface area (Å²) in [5, 5.41) is 15.3. The van der Waals surface area contributed by atoms with E-state index in [0.29, 0.717) is 11.6 Å². The Morgan fingerprint density at radius 3 is 2.67 bits per heavy atom. The average Bonchev–Trinajstić information content (AvgIpc) is 2.66. The number of aromatic nitrogens is 2. The zero-order chi connectivity index (χ0) is 13.8. The van der Waals surface area contributed by atoms with Crippen LogP contribution in [0.1, 0.15) is 0 Å². The van der Waals surface area contributed by atoms with Gasteiger partial charge in [-0.15, -0.1) is 11.8 Å². The van der Waals surface area contributed by atoms with E-state index in [1.165, 1.54) is 22.6 Å². The Morgan fingerprint density at radius 1 is 1.56 bits per heavy atom. The quantitative estimate of drug-likeness (QED) is 0.254. The highest BCUT2D eigenvalue weighted by Gasteiger charge is 2.18. The lowest BCUT2D eigenvalue weighted by atomic mass is 10.6. The van der Waals surface area contributed by atoms with Crippen LogP contribution in [0.5, 0.6) is 0 Å². The van der Waals surface area contributed by atoms with Crippen LogP contribution >= 0.6 is 11.8 Å². The smallest absolute Gasteiger partial charge is 0.320 e. The average molecular weight is 289 g/mol. The van der Waals surface area contributed by atoms with Crippen molar-refractivity contribution in [3.63, 3.8) is 0 Å². The summed E-state index contributed by atoms with van der Waals surface area (Å²) in [4.78, 5) is 10.3. The van der Waals surface area contributed by atoms with Crippen LogP contribution in [0.4, 0.5) is 5.69 Å². The molecule has 0 unspecified atom stereocenters. The molecule has 18 heavy (non-hydrogen) atoms. The van der Waals surface area contributed by atoms with Crippen molar-refractivity contribution >= 4 is 25.5 Å². The maximum absolute atomic E-state index is 10.8. The minimum atomic E-state index is -1.09. The van der Waals surface area contributed by atoms with E-state index >= 15 is 0 Å². The predicted octanol–water partition coefficient (Wildman–Crippen LogP) is 2.83. The number of nitrogens with zero attached hydrogens (tertiary/aromatic N) is 3. The highest BCUT2D eigenvalue weighted by atomic mass is 32.2. The molecule has 0 radical (unpaired) electrons. The SMILES string of the molecule is CSc1nn(COCC[Si](C)(C)C)cc1[N+](=O)[O-]. The molecule has 0 aliphatic carbocycles. The predicted molar refractivity (Wildman–Crippen MR) is 74.8 cm³/mol. The van der Waals surface area contributed by atoms with Crippen molar-refractivity contribution in [3.05, 3.63) is 16.3 Å². The highest BCUT2D eigenvalue weighted by Crippen LogP contribution is 2.25. The zero-order valence-electron chi connectivity index (χ0n) is 11.2. The summed E-state index contributed by atoms with van der Waals surface area (Å²) in [5.41, 5.74) is 0.0382. The van der Waals surface area contributed by atoms with E-state index in [-0.39, 0.29) is 12.4 Å². The van der Waals surface area contributed by atoms with Gasteiger partial charge in [0.1, 0.15) is 12.9 Å². The second-order valence-corrected chi connectivity index (χ2v) is 11.6. The second-order valence-electron chi connectivity index (χ2n) is 5.17. The van der Waals surface area contributed by atoms with Gasteiger partial charge in [-0.2, -0.15) is 5.10 Å². The lowest BCUT2D eigenvalue weighted by Gasteiger charge is -2.15. The van der Waals surface area contributed by atoms with Crippen LogP contribution in [0.2, 0.25) is 25.7 Å². The van der Waals surface area contributed by atoms with Crippen molar-refractivity contribution in [3.8, 4) is 0 Å². The van der Waals surface area contributed by atoms with Crippen LogP contribution in [-0.2, 0) is 11.5 Å². The first-order valence-corrected chi connectivity index (χ1v) is 10.6. The molecule has 1 heterocycles. The van der Waals surface area contributed by atoms with E-state index in [1.54, 1.807) is 6.26 Å². The molecule has 0 spiro atoms. The molecule has 0 atom stereocenters. The normalized spacial score (nSPS) is 11.8. The van der Waals surface area contributed by atoms with Gasteiger partial charge in [-0.05, 0) is 12.3 Å². The van der Waals surface area contributed by atoms with Crippen LogP contribution in [0.25, 0.3) is 0 Å². The van der Waals surface area contributed by atoms with Crippen molar-refractivity contribution in [2.45, 2.75) is 37.4 Å². The fourth-order valence-corrected chi connectivity index (χ4v) is 2.55. The number of thioether (sulfide) groups is 1. The molecule has 0 fully saturated rings. The molecule has 0 aliphatic heterocycles. The van der Waals surface area contributed by atoms with E-state index in [9.17, 15) is 10.1 Å². The summed E-state index contributed by atoms with van der Waals surface area (Å²) in [6.07, 6.45) is 3.19. The molecular formula is C10H19N3O3SSi. The molecule has 0 bridgehead atoms. The van der Waals surface area contributed by atoms with Crippen molar-refractivity contribution < 1.29 is 9.66 Å². The molecule has 1 rings (SSSR count). The van der Waals surface area contributed by atoms with E-state index in [2.05, 4.69) is 24.7 Å². The molecule has 0 N–H and O–H groups in total. The van der Waals surface area contributed by atoms with E-state index in [4.69, 9.17) is 4.74 Å². The lowest BCUT2D eigenvalue weighted by molar-refractivity contribution is -0.387. The zero-order valence-corrected chi connectivity index (χ0v) is 13.0. The van der Waals surface area contributed by atoms with Gasteiger partial charge in [0.15, 0.2) is 5.03 Å². The number of hydrogen-bond acceptors (Lipinski definition) is 5. The Hall–Kier alpha value is -0.863. The first kappa shape index (κ1) is 15.2. The van der Waals surface area contributed by atoms with Gasteiger partial charge in [0.05, 0.1) is 4.92 Å². The van der Waals surface area contributed by atoms with Crippen molar-refractivity contribution in [1.82, 2.24) is 9.78 Å². The van der Waals surface area contributed by atoms with Crippen molar-refractivity contribution in [2.24, 2.45) is 0 Å². The third-order valence-electron chi connectivity index (χ3n) is 2.32. The third kappa shape index (κ3) is 4.79. The van der Waals surface area contributed by atoms with Crippen LogP contribution in [0.3, 0.4) is 0 Å². The maximum Gasteiger partial charge on any atom is 0.320 e. The molecule has 6 nitrogen and oxygen atoms in total. The summed E-state index contributed by atoms with van der Waals surface area (Å²) in [6.45, 7) is 7.78. The molecular weight excluding hydrogens is 270 g/mol. The number of hydrogen-bond donors (Lipinski definition) is 0. The van der Waals surface area contributed by atoms with E-state index in [1.807, 2.05) is 0 Å². The van der Waals surface area contributed by atoms with Crippen LogP contribution in [-0.4, -0.2) is 35.6 Å². The van der Waals surface area contributed by atoms with Gasteiger partial charge in [-0.3, -0.25) is 10.1 Å². The second kappa shape index (κ2) is 6.35. The van der Waals surface area contributed by atoms with Crippen molar-refractivity contribution in [1.29, 1.82) is 0 Å². The van der Waals surface area contributed by atoms with Crippen LogP contribution in [0, 0.1) is 10.1 Å². The van der Waals surface area contributed by atoms with Crippen LogP contribution in [0.15, 0.2) is 11.2 Å². The Bertz CT molecular complexity index is 417. The van der Waals surface area contributed by atoms with E-state index in [0.717, 1.165) is 6.04 Å². The summed E-state index contributed by atoms with van der Waals surface area (Å²) in [7, 11) is -1.09. The first-order chi connectivity index (χ1) is 8.33. The topological polar surface area (TPSA) is 70.2 Å². The molecule has 0 aromatic carbocycles. The monoisotopic (exact) mass is 289 g/mol. The molecule has 1 aromatic heterocycles. The van der Waals surface area contributed by atoms with Gasteiger partial charge < -0.3 is 4.74 Å². The summed E-state index contributed by atoms with van der Waals surface area (Å²) < 4.78 is 6.97. The van der Waals surface area contributed by atoms with Gasteiger partial charge in [0.2, 0.25) is 0 Å². The van der Waals surface area contributed by atoms with E-state index < -0.39 is 13.0 Å². The Labute approximate surface area is 112 Å². The fraction of sp³-hybridized carbons (Fsp3) is 0.700. The molecule has 0 saturated carbocycles. The molecule has 0 saturated heterocycles. The Balaban J connectivity index is 2.51. The molecule has 102 valence electrons. The highest BCUT2D eigenvalue weighted by molar-refractivity contribution is 7.98. The van der Waals surface area contributed by atoms with Crippen molar-refractivity contribution in [2.75, 3.05) is 12.9 Å². The first-order valence-electron chi connectivity index (χ1n) is 5.67. The Morgan fingerprint density at radius 2 is 2.22 bits per heavy atom. The molecule has 0 aliphatic rings. The molecule has 0 amide bonds. The Kier molecular flexibility index (Phi) is 5.36. The third-order valence-corrected chi connectivity index (χ3v) is 4.70. The minimum absolute atomic E-state index is 0.0382. The van der Waals surface area contributed by atoms with Gasteiger partial charge in [0.25, 0.3) is 0 Å². The summed E-state index contributed by atoms with van der Waals surface area (Å²) in [5.74, 6) is 0. The van der Waals surface area contributed by atoms with Gasteiger partial charge in [-0.25, -0.2) is 4.68 Å². The summed E-state index contributed by atoms with van der Waals surface area (Å²) >= 11 is 1.27. The molecule has 1 aromatic rings. The lowest BCUT2D eigenvalue weighted by Crippen LogP contribution is -2.22. The molecule has 8 heteroatoms. The number of ether oxygens (including phenoxy) is 1. The number of rotatable bonds is 7. The minimum Gasteiger partial charge on any atom is -0.360 e.